The van der Waals surface area contributed by atoms with Crippen molar-refractivity contribution in [2.75, 3.05) is 25.1 Å². The molecule has 0 aromatic heterocycles. The summed E-state index contributed by atoms with van der Waals surface area (Å²) in [7, 11) is 0. The average Bonchev–Trinajstić information content (AvgIpc) is 2.69. The quantitative estimate of drug-likeness (QED) is 0.745. The molecule has 27 heavy (non-hydrogen) atoms. The fourth-order valence-corrected chi connectivity index (χ4v) is 4.27. The molecule has 0 bridgehead atoms. The van der Waals surface area contributed by atoms with Gasteiger partial charge in [0, 0.05) is 40.1 Å². The summed E-state index contributed by atoms with van der Waals surface area (Å²) in [6.07, 6.45) is 1.62. The number of hydrogen-bond donors (Lipinski definition) is 2. The molecule has 2 aromatic carbocycles. The van der Waals surface area contributed by atoms with Crippen LogP contribution in [-0.4, -0.2) is 36.3 Å². The summed E-state index contributed by atoms with van der Waals surface area (Å²) in [4.78, 5) is 25.5. The van der Waals surface area contributed by atoms with Crippen LogP contribution in [0.2, 0.25) is 5.02 Å². The topological polar surface area (TPSA) is 67.4 Å². The van der Waals surface area contributed by atoms with Crippen LogP contribution >= 0.6 is 23.4 Å². The summed E-state index contributed by atoms with van der Waals surface area (Å²) < 4.78 is 5.30. The second-order valence-electron chi connectivity index (χ2n) is 6.35. The van der Waals surface area contributed by atoms with Crippen molar-refractivity contribution in [3.05, 3.63) is 59.6 Å². The predicted molar refractivity (Wildman–Crippen MR) is 108 cm³/mol. The largest absolute Gasteiger partial charge is 0.381 e. The van der Waals surface area contributed by atoms with Crippen molar-refractivity contribution >= 4 is 40.9 Å². The van der Waals surface area contributed by atoms with E-state index in [0.717, 1.165) is 17.7 Å². The molecule has 0 unspecified atom stereocenters. The Morgan fingerprint density at radius 3 is 2.33 bits per heavy atom. The van der Waals surface area contributed by atoms with Gasteiger partial charge in [-0.3, -0.25) is 9.59 Å². The molecule has 0 aliphatic carbocycles. The lowest BCUT2D eigenvalue weighted by Crippen LogP contribution is -2.47. The van der Waals surface area contributed by atoms with E-state index in [1.807, 2.05) is 18.2 Å². The third-order valence-electron chi connectivity index (χ3n) is 4.36. The van der Waals surface area contributed by atoms with E-state index in [0.29, 0.717) is 30.5 Å². The van der Waals surface area contributed by atoms with E-state index in [-0.39, 0.29) is 4.75 Å². The molecule has 142 valence electrons. The van der Waals surface area contributed by atoms with Crippen LogP contribution in [0.5, 0.6) is 0 Å². The molecular formula is C20H21ClN2O3S. The third kappa shape index (κ3) is 5.73. The fraction of sp³-hybridized carbons (Fsp3) is 0.300. The number of benzene rings is 2. The van der Waals surface area contributed by atoms with E-state index in [9.17, 15) is 9.59 Å². The second-order valence-corrected chi connectivity index (χ2v) is 8.33. The van der Waals surface area contributed by atoms with Crippen molar-refractivity contribution in [3.8, 4) is 0 Å². The Labute approximate surface area is 167 Å². The van der Waals surface area contributed by atoms with Gasteiger partial charge in [-0.2, -0.15) is 0 Å². The van der Waals surface area contributed by atoms with Crippen LogP contribution in [-0.2, 0) is 14.3 Å². The highest BCUT2D eigenvalue weighted by Crippen LogP contribution is 2.40. The summed E-state index contributed by atoms with van der Waals surface area (Å²) >= 11 is 7.55. The molecule has 1 aliphatic rings. The van der Waals surface area contributed by atoms with E-state index in [1.54, 1.807) is 36.0 Å². The molecule has 0 saturated carbocycles. The first-order chi connectivity index (χ1) is 13.1. The smallest absolute Gasteiger partial charge is 0.313 e. The van der Waals surface area contributed by atoms with Gasteiger partial charge in [0.15, 0.2) is 0 Å². The Kier molecular flexibility index (Phi) is 6.77. The van der Waals surface area contributed by atoms with E-state index >= 15 is 0 Å². The van der Waals surface area contributed by atoms with E-state index in [1.165, 1.54) is 0 Å². The molecule has 7 heteroatoms. The lowest BCUT2D eigenvalue weighted by molar-refractivity contribution is -0.136. The molecular weight excluding hydrogens is 384 g/mol. The number of ether oxygens (including phenoxy) is 1. The van der Waals surface area contributed by atoms with Gasteiger partial charge in [-0.15, -0.1) is 11.8 Å². The minimum Gasteiger partial charge on any atom is -0.381 e. The van der Waals surface area contributed by atoms with Crippen LogP contribution in [0.3, 0.4) is 0 Å². The first kappa shape index (κ1) is 19.7. The van der Waals surface area contributed by atoms with Crippen molar-refractivity contribution in [2.24, 2.45) is 0 Å². The van der Waals surface area contributed by atoms with Gasteiger partial charge in [0.05, 0.1) is 0 Å². The van der Waals surface area contributed by atoms with Crippen molar-refractivity contribution in [2.45, 2.75) is 22.5 Å². The summed E-state index contributed by atoms with van der Waals surface area (Å²) in [6, 6.07) is 16.7. The average molecular weight is 405 g/mol. The first-order valence-electron chi connectivity index (χ1n) is 8.73. The second kappa shape index (κ2) is 9.26. The number of nitrogens with one attached hydrogen (secondary N) is 2. The zero-order chi connectivity index (χ0) is 19.1. The van der Waals surface area contributed by atoms with Crippen molar-refractivity contribution < 1.29 is 14.3 Å². The van der Waals surface area contributed by atoms with Crippen molar-refractivity contribution in [1.82, 2.24) is 5.32 Å². The Hall–Kier alpha value is -2.02. The highest BCUT2D eigenvalue weighted by Gasteiger charge is 2.34. The minimum absolute atomic E-state index is 0.185. The Balaban J connectivity index is 1.59. The van der Waals surface area contributed by atoms with Gasteiger partial charge in [-0.05, 0) is 49.2 Å². The Morgan fingerprint density at radius 2 is 1.67 bits per heavy atom. The fourth-order valence-electron chi connectivity index (χ4n) is 2.84. The number of hydrogen-bond acceptors (Lipinski definition) is 4. The first-order valence-corrected chi connectivity index (χ1v) is 9.92. The zero-order valence-electron chi connectivity index (χ0n) is 14.7. The van der Waals surface area contributed by atoms with E-state index in [2.05, 4.69) is 22.8 Å². The number of carbonyl (C=O) groups is 2. The summed E-state index contributed by atoms with van der Waals surface area (Å²) in [5, 5.41) is 5.94. The normalized spacial score (nSPS) is 15.7. The minimum atomic E-state index is -0.691. The Morgan fingerprint density at radius 1 is 1.00 bits per heavy atom. The molecule has 2 N–H and O–H groups in total. The molecule has 2 aromatic rings. The van der Waals surface area contributed by atoms with Crippen LogP contribution in [0, 0.1) is 0 Å². The summed E-state index contributed by atoms with van der Waals surface area (Å²) in [6.45, 7) is 1.70. The van der Waals surface area contributed by atoms with Gasteiger partial charge in [-0.25, -0.2) is 0 Å². The van der Waals surface area contributed by atoms with Crippen LogP contribution in [0.4, 0.5) is 5.69 Å². The maximum atomic E-state index is 12.3. The van der Waals surface area contributed by atoms with Crippen molar-refractivity contribution in [1.29, 1.82) is 0 Å². The maximum Gasteiger partial charge on any atom is 0.313 e. The SMILES string of the molecule is O=C(NCC1(Sc2ccccc2)CCOCC1)C(=O)Nc1ccc(Cl)cc1. The van der Waals surface area contributed by atoms with E-state index < -0.39 is 11.8 Å². The molecule has 1 saturated heterocycles. The zero-order valence-corrected chi connectivity index (χ0v) is 16.3. The van der Waals surface area contributed by atoms with Gasteiger partial charge in [-0.1, -0.05) is 29.8 Å². The van der Waals surface area contributed by atoms with Gasteiger partial charge in [0.1, 0.15) is 0 Å². The molecule has 1 fully saturated rings. The lowest BCUT2D eigenvalue weighted by Gasteiger charge is -2.36. The molecule has 3 rings (SSSR count). The highest BCUT2D eigenvalue weighted by atomic mass is 35.5. The third-order valence-corrected chi connectivity index (χ3v) is 6.11. The number of halogens is 1. The van der Waals surface area contributed by atoms with Crippen molar-refractivity contribution in [3.63, 3.8) is 0 Å². The van der Waals surface area contributed by atoms with Gasteiger partial charge >= 0.3 is 11.8 Å². The van der Waals surface area contributed by atoms with Gasteiger partial charge in [0.25, 0.3) is 0 Å². The Bertz CT molecular complexity index is 778. The molecule has 5 nitrogen and oxygen atoms in total. The van der Waals surface area contributed by atoms with E-state index in [4.69, 9.17) is 16.3 Å². The van der Waals surface area contributed by atoms with Gasteiger partial charge < -0.3 is 15.4 Å². The lowest BCUT2D eigenvalue weighted by atomic mass is 9.99. The summed E-state index contributed by atoms with van der Waals surface area (Å²) in [5.74, 6) is -1.34. The maximum absolute atomic E-state index is 12.3. The van der Waals surface area contributed by atoms with Crippen LogP contribution in [0.1, 0.15) is 12.8 Å². The predicted octanol–water partition coefficient (Wildman–Crippen LogP) is 3.74. The number of carbonyl (C=O) groups excluding carboxylic acids is 2. The highest BCUT2D eigenvalue weighted by molar-refractivity contribution is 8.00. The standard InChI is InChI=1S/C20H21ClN2O3S/c21-15-6-8-16(9-7-15)23-19(25)18(24)22-14-20(10-12-26-13-11-20)27-17-4-2-1-3-5-17/h1-9H,10-14H2,(H,22,24)(H,23,25). The van der Waals surface area contributed by atoms with Crippen LogP contribution < -0.4 is 10.6 Å². The summed E-state index contributed by atoms with van der Waals surface area (Å²) in [5.41, 5.74) is 0.527. The molecule has 0 atom stereocenters. The number of anilines is 1. The molecule has 0 radical (unpaired) electrons. The van der Waals surface area contributed by atoms with Gasteiger partial charge in [0.2, 0.25) is 0 Å². The number of rotatable bonds is 5. The number of amides is 2. The molecule has 2 amide bonds. The van der Waals surface area contributed by atoms with Crippen LogP contribution in [0.25, 0.3) is 0 Å². The molecule has 1 aliphatic heterocycles. The number of thioether (sulfide) groups is 1. The van der Waals surface area contributed by atoms with Crippen LogP contribution in [0.15, 0.2) is 59.5 Å². The molecule has 1 heterocycles. The monoisotopic (exact) mass is 404 g/mol. The molecule has 0 spiro atoms.